The van der Waals surface area contributed by atoms with Gasteiger partial charge in [0.1, 0.15) is 0 Å². The quantitative estimate of drug-likeness (QED) is 0.608. The van der Waals surface area contributed by atoms with E-state index < -0.39 is 0 Å². The fourth-order valence-electron chi connectivity index (χ4n) is 1.54. The smallest absolute Gasteiger partial charge is 0.0931 e. The van der Waals surface area contributed by atoms with Crippen LogP contribution in [0.15, 0.2) is 34.8 Å². The lowest BCUT2D eigenvalue weighted by atomic mass is 10.1. The minimum Gasteiger partial charge on any atom is -0.127 e. The Morgan fingerprint density at radius 1 is 1.25 bits per heavy atom. The molecule has 1 aromatic heterocycles. The van der Waals surface area contributed by atoms with Crippen LogP contribution in [-0.2, 0) is 0 Å². The molecule has 0 bridgehead atoms. The Morgan fingerprint density at radius 3 is 2.56 bits per heavy atom. The van der Waals surface area contributed by atoms with E-state index in [-0.39, 0.29) is 5.38 Å². The van der Waals surface area contributed by atoms with Gasteiger partial charge in [0, 0.05) is 9.35 Å². The van der Waals surface area contributed by atoms with Crippen molar-refractivity contribution in [1.82, 2.24) is 0 Å². The highest BCUT2D eigenvalue weighted by atomic mass is 79.9. The molecule has 0 N–H and O–H groups in total. The Labute approximate surface area is 117 Å². The molecule has 0 aliphatic carbocycles. The standard InChI is InChI=1S/C12H9BrCl2S/c1-7-4-8(6-9(13)5-7)12(15)10-2-3-11(14)16-10/h2-6,12H,1H3. The first-order valence-electron chi connectivity index (χ1n) is 4.72. The Bertz CT molecular complexity index is 487. The maximum atomic E-state index is 6.42. The number of aryl methyl sites for hydroxylation is 1. The number of thiophene rings is 1. The highest BCUT2D eigenvalue weighted by Crippen LogP contribution is 2.36. The van der Waals surface area contributed by atoms with Crippen LogP contribution in [0, 0.1) is 6.92 Å². The summed E-state index contributed by atoms with van der Waals surface area (Å²) in [5.41, 5.74) is 2.28. The van der Waals surface area contributed by atoms with Crippen LogP contribution in [0.2, 0.25) is 4.34 Å². The molecule has 4 heteroatoms. The van der Waals surface area contributed by atoms with Gasteiger partial charge < -0.3 is 0 Å². The summed E-state index contributed by atoms with van der Waals surface area (Å²) in [4.78, 5) is 1.07. The van der Waals surface area contributed by atoms with Crippen molar-refractivity contribution in [2.45, 2.75) is 12.3 Å². The SMILES string of the molecule is Cc1cc(Br)cc(C(Cl)c2ccc(Cl)s2)c1. The molecule has 1 aromatic carbocycles. The Morgan fingerprint density at radius 2 is 2.00 bits per heavy atom. The van der Waals surface area contributed by atoms with Gasteiger partial charge in [0.05, 0.1) is 9.71 Å². The molecule has 0 radical (unpaired) electrons. The van der Waals surface area contributed by atoms with Crippen LogP contribution in [0.25, 0.3) is 0 Å². The Balaban J connectivity index is 2.37. The molecular weight excluding hydrogens is 327 g/mol. The monoisotopic (exact) mass is 334 g/mol. The molecule has 0 amide bonds. The van der Waals surface area contributed by atoms with Gasteiger partial charge in [-0.05, 0) is 42.3 Å². The fourth-order valence-corrected chi connectivity index (χ4v) is 3.56. The zero-order valence-electron chi connectivity index (χ0n) is 8.51. The third-order valence-electron chi connectivity index (χ3n) is 2.20. The number of alkyl halides is 1. The number of hydrogen-bond acceptors (Lipinski definition) is 1. The molecule has 0 saturated carbocycles. The highest BCUT2D eigenvalue weighted by molar-refractivity contribution is 9.10. The molecule has 2 rings (SSSR count). The number of hydrogen-bond donors (Lipinski definition) is 0. The zero-order valence-corrected chi connectivity index (χ0v) is 12.4. The molecule has 0 aliphatic rings. The van der Waals surface area contributed by atoms with Gasteiger partial charge in [0.25, 0.3) is 0 Å². The Hall–Kier alpha value is -0.0200. The molecule has 1 heterocycles. The van der Waals surface area contributed by atoms with E-state index in [1.54, 1.807) is 0 Å². The second-order valence-electron chi connectivity index (χ2n) is 3.57. The summed E-state index contributed by atoms with van der Waals surface area (Å²) in [5, 5.41) is -0.131. The first kappa shape index (κ1) is 12.4. The predicted octanol–water partition coefficient (Wildman–Crippen LogP) is 5.80. The van der Waals surface area contributed by atoms with E-state index >= 15 is 0 Å². The van der Waals surface area contributed by atoms with Gasteiger partial charge in [0.2, 0.25) is 0 Å². The normalized spacial score (nSPS) is 12.8. The maximum absolute atomic E-state index is 6.42. The minimum atomic E-state index is -0.131. The summed E-state index contributed by atoms with van der Waals surface area (Å²) >= 11 is 17.3. The summed E-state index contributed by atoms with van der Waals surface area (Å²) in [7, 11) is 0. The van der Waals surface area contributed by atoms with E-state index in [1.807, 2.05) is 18.2 Å². The summed E-state index contributed by atoms with van der Waals surface area (Å²) in [6, 6.07) is 10.0. The molecule has 84 valence electrons. The van der Waals surface area contributed by atoms with Crippen molar-refractivity contribution in [3.05, 3.63) is 55.1 Å². The first-order valence-corrected chi connectivity index (χ1v) is 7.15. The second kappa shape index (κ2) is 5.09. The van der Waals surface area contributed by atoms with Crippen molar-refractivity contribution in [3.8, 4) is 0 Å². The molecule has 16 heavy (non-hydrogen) atoms. The van der Waals surface area contributed by atoms with Gasteiger partial charge in [-0.2, -0.15) is 0 Å². The highest BCUT2D eigenvalue weighted by Gasteiger charge is 2.13. The number of rotatable bonds is 2. The van der Waals surface area contributed by atoms with Crippen LogP contribution >= 0.6 is 50.5 Å². The van der Waals surface area contributed by atoms with Crippen molar-refractivity contribution < 1.29 is 0 Å². The molecule has 0 fully saturated rings. The van der Waals surface area contributed by atoms with Crippen LogP contribution < -0.4 is 0 Å². The van der Waals surface area contributed by atoms with Gasteiger partial charge in [0.15, 0.2) is 0 Å². The predicted molar refractivity (Wildman–Crippen MR) is 75.9 cm³/mol. The summed E-state index contributed by atoms with van der Waals surface area (Å²) in [6.45, 7) is 2.05. The Kier molecular flexibility index (Phi) is 3.96. The molecule has 0 aliphatic heterocycles. The van der Waals surface area contributed by atoms with Gasteiger partial charge in [-0.1, -0.05) is 33.6 Å². The van der Waals surface area contributed by atoms with Gasteiger partial charge >= 0.3 is 0 Å². The largest absolute Gasteiger partial charge is 0.127 e. The van der Waals surface area contributed by atoms with E-state index in [9.17, 15) is 0 Å². The van der Waals surface area contributed by atoms with E-state index in [0.29, 0.717) is 0 Å². The minimum absolute atomic E-state index is 0.131. The lowest BCUT2D eigenvalue weighted by Crippen LogP contribution is -1.91. The van der Waals surface area contributed by atoms with E-state index in [2.05, 4.69) is 35.0 Å². The first-order chi connectivity index (χ1) is 7.56. The van der Waals surface area contributed by atoms with Gasteiger partial charge in [-0.3, -0.25) is 0 Å². The van der Waals surface area contributed by atoms with Crippen molar-refractivity contribution in [2.24, 2.45) is 0 Å². The number of benzene rings is 1. The molecule has 0 spiro atoms. The van der Waals surface area contributed by atoms with Crippen LogP contribution in [0.5, 0.6) is 0 Å². The van der Waals surface area contributed by atoms with Crippen molar-refractivity contribution in [2.75, 3.05) is 0 Å². The van der Waals surface area contributed by atoms with Gasteiger partial charge in [-0.25, -0.2) is 0 Å². The molecule has 1 unspecified atom stereocenters. The number of halogens is 3. The summed E-state index contributed by atoms with van der Waals surface area (Å²) < 4.78 is 1.82. The van der Waals surface area contributed by atoms with E-state index in [1.165, 1.54) is 16.9 Å². The summed E-state index contributed by atoms with van der Waals surface area (Å²) in [5.74, 6) is 0. The van der Waals surface area contributed by atoms with Crippen LogP contribution in [0.4, 0.5) is 0 Å². The lowest BCUT2D eigenvalue weighted by Gasteiger charge is -2.09. The molecule has 0 saturated heterocycles. The maximum Gasteiger partial charge on any atom is 0.0931 e. The van der Waals surface area contributed by atoms with E-state index in [4.69, 9.17) is 23.2 Å². The van der Waals surface area contributed by atoms with Crippen LogP contribution in [-0.4, -0.2) is 0 Å². The zero-order chi connectivity index (χ0) is 11.7. The second-order valence-corrected chi connectivity index (χ2v) is 6.67. The molecule has 0 nitrogen and oxygen atoms in total. The topological polar surface area (TPSA) is 0 Å². The fraction of sp³-hybridized carbons (Fsp3) is 0.167. The lowest BCUT2D eigenvalue weighted by molar-refractivity contribution is 1.17. The average Bonchev–Trinajstić information content (AvgIpc) is 2.62. The molecule has 2 aromatic rings. The molecule has 1 atom stereocenters. The van der Waals surface area contributed by atoms with Crippen molar-refractivity contribution >= 4 is 50.5 Å². The van der Waals surface area contributed by atoms with Crippen LogP contribution in [0.1, 0.15) is 21.4 Å². The van der Waals surface area contributed by atoms with E-state index in [0.717, 1.165) is 19.2 Å². The van der Waals surface area contributed by atoms with Crippen molar-refractivity contribution in [1.29, 1.82) is 0 Å². The van der Waals surface area contributed by atoms with Crippen LogP contribution in [0.3, 0.4) is 0 Å². The average molecular weight is 336 g/mol. The summed E-state index contributed by atoms with van der Waals surface area (Å²) in [6.07, 6.45) is 0. The third-order valence-corrected chi connectivity index (χ3v) is 4.57. The third kappa shape index (κ3) is 2.80. The molecular formula is C12H9BrCl2S. The van der Waals surface area contributed by atoms with Crippen molar-refractivity contribution in [3.63, 3.8) is 0 Å². The van der Waals surface area contributed by atoms with Gasteiger partial charge in [-0.15, -0.1) is 22.9 Å².